The molecule has 4 rings (SSSR count). The number of nitrogens with zero attached hydrogens (tertiary/aromatic N) is 4. The van der Waals surface area contributed by atoms with Gasteiger partial charge in [0.1, 0.15) is 11.6 Å². The fourth-order valence-electron chi connectivity index (χ4n) is 5.83. The summed E-state index contributed by atoms with van der Waals surface area (Å²) in [6.45, 7) is 6.07. The Kier molecular flexibility index (Phi) is 10.4. The lowest BCUT2D eigenvalue weighted by Gasteiger charge is -2.34. The van der Waals surface area contributed by atoms with Crippen LogP contribution >= 0.6 is 0 Å². The molecule has 3 aliphatic rings. The number of rotatable bonds is 12. The van der Waals surface area contributed by atoms with E-state index >= 15 is 0 Å². The quantitative estimate of drug-likeness (QED) is 0.271. The number of piperazine rings is 1. The standard InChI is InChI=1S/C26H46N8O2/c27-23-17-24(34-15-13-33(14-16-34)19-25(35)36)32-26(31-23)30-18-20-7-9-22(10-8-20)29-12-4-11-28-21-5-2-1-3-6-21/h17,20-22,28-29H,1-16,18-19H2,(H,35,36)(H3,27,30,31,32). The van der Waals surface area contributed by atoms with Crippen LogP contribution in [0.3, 0.4) is 0 Å². The molecule has 36 heavy (non-hydrogen) atoms. The minimum absolute atomic E-state index is 0.0853. The van der Waals surface area contributed by atoms with E-state index < -0.39 is 5.97 Å². The summed E-state index contributed by atoms with van der Waals surface area (Å²) in [6.07, 6.45) is 13.0. The van der Waals surface area contributed by atoms with Gasteiger partial charge in [-0.05, 0) is 64.0 Å². The molecule has 2 heterocycles. The number of anilines is 3. The lowest BCUT2D eigenvalue weighted by Crippen LogP contribution is -2.48. The average Bonchev–Trinajstić information content (AvgIpc) is 2.88. The summed E-state index contributed by atoms with van der Waals surface area (Å²) >= 11 is 0. The number of nitrogen functional groups attached to an aromatic ring is 1. The van der Waals surface area contributed by atoms with Gasteiger partial charge in [0, 0.05) is 50.9 Å². The molecule has 1 aromatic heterocycles. The fraction of sp³-hybridized carbons (Fsp3) is 0.808. The van der Waals surface area contributed by atoms with Crippen LogP contribution < -0.4 is 26.6 Å². The molecule has 0 amide bonds. The summed E-state index contributed by atoms with van der Waals surface area (Å²) in [4.78, 5) is 24.1. The number of nitrogens with two attached hydrogens (primary N) is 1. The van der Waals surface area contributed by atoms with Crippen LogP contribution in [-0.4, -0.2) is 90.4 Å². The zero-order chi connectivity index (χ0) is 25.2. The Morgan fingerprint density at radius 2 is 1.61 bits per heavy atom. The van der Waals surface area contributed by atoms with Gasteiger partial charge in [0.25, 0.3) is 0 Å². The van der Waals surface area contributed by atoms with Gasteiger partial charge in [0.15, 0.2) is 0 Å². The first kappa shape index (κ1) is 26.9. The maximum Gasteiger partial charge on any atom is 0.317 e. The third-order valence-corrected chi connectivity index (χ3v) is 8.01. The molecule has 3 fully saturated rings. The largest absolute Gasteiger partial charge is 0.480 e. The molecule has 0 spiro atoms. The van der Waals surface area contributed by atoms with Crippen molar-refractivity contribution in [2.24, 2.45) is 5.92 Å². The number of hydrogen-bond acceptors (Lipinski definition) is 9. The molecule has 2 aliphatic carbocycles. The predicted octanol–water partition coefficient (Wildman–Crippen LogP) is 2.14. The number of nitrogens with one attached hydrogen (secondary N) is 3. The van der Waals surface area contributed by atoms with Crippen molar-refractivity contribution in [3.05, 3.63) is 6.07 Å². The Morgan fingerprint density at radius 1 is 0.944 bits per heavy atom. The van der Waals surface area contributed by atoms with Crippen LogP contribution in [0, 0.1) is 5.92 Å². The molecule has 202 valence electrons. The van der Waals surface area contributed by atoms with Gasteiger partial charge in [-0.3, -0.25) is 9.69 Å². The van der Waals surface area contributed by atoms with Crippen molar-refractivity contribution in [3.63, 3.8) is 0 Å². The van der Waals surface area contributed by atoms with E-state index in [2.05, 4.69) is 25.8 Å². The second kappa shape index (κ2) is 13.9. The summed E-state index contributed by atoms with van der Waals surface area (Å²) < 4.78 is 0. The van der Waals surface area contributed by atoms with Crippen molar-refractivity contribution in [1.82, 2.24) is 25.5 Å². The average molecular weight is 503 g/mol. The monoisotopic (exact) mass is 502 g/mol. The van der Waals surface area contributed by atoms with E-state index in [0.29, 0.717) is 36.8 Å². The Hall–Kier alpha value is -2.17. The van der Waals surface area contributed by atoms with Crippen LogP contribution in [0.4, 0.5) is 17.6 Å². The molecule has 6 N–H and O–H groups in total. The maximum absolute atomic E-state index is 10.9. The zero-order valence-corrected chi connectivity index (χ0v) is 21.8. The van der Waals surface area contributed by atoms with Crippen molar-refractivity contribution in [2.75, 3.05) is 68.3 Å². The van der Waals surface area contributed by atoms with E-state index in [1.54, 1.807) is 6.07 Å². The molecule has 0 aromatic carbocycles. The molecular formula is C26H46N8O2. The van der Waals surface area contributed by atoms with Gasteiger partial charge in [0.05, 0.1) is 6.54 Å². The highest BCUT2D eigenvalue weighted by Gasteiger charge is 2.23. The van der Waals surface area contributed by atoms with Crippen LogP contribution in [0.2, 0.25) is 0 Å². The highest BCUT2D eigenvalue weighted by molar-refractivity contribution is 5.69. The van der Waals surface area contributed by atoms with Crippen LogP contribution in [0.5, 0.6) is 0 Å². The number of aliphatic carboxylic acids is 1. The van der Waals surface area contributed by atoms with Gasteiger partial charge in [-0.1, -0.05) is 19.3 Å². The van der Waals surface area contributed by atoms with Crippen LogP contribution in [0.1, 0.15) is 64.2 Å². The third-order valence-electron chi connectivity index (χ3n) is 8.01. The van der Waals surface area contributed by atoms with E-state index in [1.807, 2.05) is 4.90 Å². The fourth-order valence-corrected chi connectivity index (χ4v) is 5.83. The molecule has 10 heteroatoms. The minimum atomic E-state index is -0.784. The molecule has 1 aromatic rings. The number of aromatic nitrogens is 2. The highest BCUT2D eigenvalue weighted by atomic mass is 16.4. The summed E-state index contributed by atoms with van der Waals surface area (Å²) in [5.74, 6) is 1.70. The lowest BCUT2D eigenvalue weighted by atomic mass is 9.86. The first-order chi connectivity index (χ1) is 17.5. The van der Waals surface area contributed by atoms with Gasteiger partial charge >= 0.3 is 5.97 Å². The van der Waals surface area contributed by atoms with Gasteiger partial charge in [0.2, 0.25) is 5.95 Å². The Labute approximate surface area is 215 Å². The molecule has 10 nitrogen and oxygen atoms in total. The predicted molar refractivity (Wildman–Crippen MR) is 144 cm³/mol. The molecule has 0 atom stereocenters. The lowest BCUT2D eigenvalue weighted by molar-refractivity contribution is -0.138. The topological polar surface area (TPSA) is 132 Å². The second-order valence-electron chi connectivity index (χ2n) is 10.8. The second-order valence-corrected chi connectivity index (χ2v) is 10.8. The van der Waals surface area contributed by atoms with E-state index in [0.717, 1.165) is 44.6 Å². The molecule has 0 unspecified atom stereocenters. The van der Waals surface area contributed by atoms with Gasteiger partial charge in [-0.15, -0.1) is 0 Å². The van der Waals surface area contributed by atoms with Crippen molar-refractivity contribution >= 4 is 23.6 Å². The Morgan fingerprint density at radius 3 is 2.28 bits per heavy atom. The van der Waals surface area contributed by atoms with E-state index in [-0.39, 0.29) is 6.54 Å². The Bertz CT molecular complexity index is 803. The molecule has 0 bridgehead atoms. The number of carboxylic acid groups (broad SMARTS) is 1. The third kappa shape index (κ3) is 8.74. The van der Waals surface area contributed by atoms with Crippen molar-refractivity contribution in [2.45, 2.75) is 76.3 Å². The summed E-state index contributed by atoms with van der Waals surface area (Å²) in [5.41, 5.74) is 6.08. The SMILES string of the molecule is Nc1cc(N2CCN(CC(=O)O)CC2)nc(NCC2CCC(NCCCNC3CCCCC3)CC2)n1. The maximum atomic E-state index is 10.9. The first-order valence-electron chi connectivity index (χ1n) is 14.1. The number of carbonyl (C=O) groups is 1. The Balaban J connectivity index is 1.11. The van der Waals surface area contributed by atoms with Crippen LogP contribution in [-0.2, 0) is 4.79 Å². The van der Waals surface area contributed by atoms with E-state index in [9.17, 15) is 4.79 Å². The molecule has 0 radical (unpaired) electrons. The first-order valence-corrected chi connectivity index (χ1v) is 14.1. The smallest absolute Gasteiger partial charge is 0.317 e. The van der Waals surface area contributed by atoms with Crippen molar-refractivity contribution in [3.8, 4) is 0 Å². The van der Waals surface area contributed by atoms with Crippen molar-refractivity contribution < 1.29 is 9.90 Å². The van der Waals surface area contributed by atoms with Gasteiger partial charge in [-0.25, -0.2) is 0 Å². The van der Waals surface area contributed by atoms with Crippen molar-refractivity contribution in [1.29, 1.82) is 0 Å². The van der Waals surface area contributed by atoms with Gasteiger partial charge < -0.3 is 31.7 Å². The van der Waals surface area contributed by atoms with E-state index in [1.165, 1.54) is 64.2 Å². The number of carboxylic acids is 1. The summed E-state index contributed by atoms with van der Waals surface area (Å²) in [7, 11) is 0. The molecule has 1 aliphatic heterocycles. The molecule has 2 saturated carbocycles. The van der Waals surface area contributed by atoms with Crippen LogP contribution in [0.25, 0.3) is 0 Å². The number of hydrogen-bond donors (Lipinski definition) is 5. The van der Waals surface area contributed by atoms with Crippen LogP contribution in [0.15, 0.2) is 6.07 Å². The highest BCUT2D eigenvalue weighted by Crippen LogP contribution is 2.25. The minimum Gasteiger partial charge on any atom is -0.480 e. The molecule has 1 saturated heterocycles. The molecular weight excluding hydrogens is 456 g/mol. The summed E-state index contributed by atoms with van der Waals surface area (Å²) in [5, 5.41) is 19.9. The normalized spacial score (nSPS) is 24.1. The van der Waals surface area contributed by atoms with E-state index in [4.69, 9.17) is 15.8 Å². The zero-order valence-electron chi connectivity index (χ0n) is 21.8. The summed E-state index contributed by atoms with van der Waals surface area (Å²) in [6, 6.07) is 3.21. The van der Waals surface area contributed by atoms with Gasteiger partial charge in [-0.2, -0.15) is 9.97 Å².